The van der Waals surface area contributed by atoms with Gasteiger partial charge in [0.05, 0.1) is 23.1 Å². The smallest absolute Gasteiger partial charge is 0.341 e. The number of carboxylic acid groups (broad SMARTS) is 1. The van der Waals surface area contributed by atoms with Crippen molar-refractivity contribution in [1.82, 2.24) is 4.57 Å². The molecule has 5 rings (SSSR count). The number of aromatic carboxylic acids is 1. The number of nitrogens with two attached hydrogens (primary N) is 1. The first-order valence-electron chi connectivity index (χ1n) is 11.0. The van der Waals surface area contributed by atoms with E-state index in [0.29, 0.717) is 36.2 Å². The highest BCUT2D eigenvalue weighted by Crippen LogP contribution is 2.31. The lowest BCUT2D eigenvalue weighted by molar-refractivity contribution is 0.0695. The van der Waals surface area contributed by atoms with Crippen LogP contribution in [0, 0.1) is 5.82 Å². The van der Waals surface area contributed by atoms with Gasteiger partial charge in [0.15, 0.2) is 0 Å². The molecule has 188 valence electrons. The third kappa shape index (κ3) is 5.23. The molecule has 1 aliphatic rings. The molecule has 1 aromatic heterocycles. The molecule has 11 heteroatoms. The van der Waals surface area contributed by atoms with Crippen LogP contribution in [0.3, 0.4) is 0 Å². The van der Waals surface area contributed by atoms with E-state index in [9.17, 15) is 23.1 Å². The maximum atomic E-state index is 15.0. The summed E-state index contributed by atoms with van der Waals surface area (Å²) in [7, 11) is -3.67. The van der Waals surface area contributed by atoms with E-state index < -0.39 is 32.9 Å². The third-order valence-electron chi connectivity index (χ3n) is 5.89. The minimum absolute atomic E-state index is 0.0255. The molecule has 0 amide bonds. The van der Waals surface area contributed by atoms with Crippen LogP contribution in [0.15, 0.2) is 65.6 Å². The van der Waals surface area contributed by atoms with Crippen LogP contribution in [0.25, 0.3) is 27.4 Å². The molecule has 0 radical (unpaired) electrons. The molecule has 1 atom stereocenters. The summed E-state index contributed by atoms with van der Waals surface area (Å²) >= 11 is 0. The largest absolute Gasteiger partial charge is 0.477 e. The van der Waals surface area contributed by atoms with E-state index in [4.69, 9.17) is 10.3 Å². The molecule has 1 saturated heterocycles. The standard InChI is InChI=1S/C24H20FN3O3.CH4O3S/c25-19-10-17-21(11-22(19)27-9-8-15(26)12-27)28(13-18(23(17)29)24(30)31)20-7-3-5-14-4-1-2-6-16(14)20;1-5(2,3)4/h1-7,10-11,13,15H,8-9,12,26H2,(H,30,31);1H3,(H,2,3,4)/t15-;/m0./s1. The van der Waals surface area contributed by atoms with Gasteiger partial charge < -0.3 is 20.3 Å². The average molecular weight is 514 g/mol. The Balaban J connectivity index is 0.000000556. The first-order valence-corrected chi connectivity index (χ1v) is 12.8. The number of hydrogen-bond acceptors (Lipinski definition) is 6. The number of anilines is 1. The normalized spacial score (nSPS) is 15.7. The zero-order valence-corrected chi connectivity index (χ0v) is 20.1. The second kappa shape index (κ2) is 9.69. The Bertz CT molecular complexity index is 1640. The van der Waals surface area contributed by atoms with E-state index >= 15 is 4.39 Å². The van der Waals surface area contributed by atoms with E-state index in [1.54, 1.807) is 10.6 Å². The Kier molecular flexibility index (Phi) is 6.81. The first-order chi connectivity index (χ1) is 16.9. The fourth-order valence-electron chi connectivity index (χ4n) is 4.35. The molecule has 0 aliphatic carbocycles. The van der Waals surface area contributed by atoms with Crippen molar-refractivity contribution in [3.8, 4) is 5.69 Å². The number of nitrogens with zero attached hydrogens (tertiary/aromatic N) is 2. The lowest BCUT2D eigenvalue weighted by Crippen LogP contribution is -2.27. The Morgan fingerprint density at radius 1 is 1.08 bits per heavy atom. The summed E-state index contributed by atoms with van der Waals surface area (Å²) in [5, 5.41) is 11.5. The van der Waals surface area contributed by atoms with Crippen molar-refractivity contribution in [2.24, 2.45) is 5.73 Å². The Morgan fingerprint density at radius 2 is 1.75 bits per heavy atom. The Labute approximate surface area is 205 Å². The van der Waals surface area contributed by atoms with Gasteiger partial charge in [-0.1, -0.05) is 36.4 Å². The fourth-order valence-corrected chi connectivity index (χ4v) is 4.35. The van der Waals surface area contributed by atoms with Crippen molar-refractivity contribution >= 4 is 43.5 Å². The van der Waals surface area contributed by atoms with E-state index in [2.05, 4.69) is 0 Å². The van der Waals surface area contributed by atoms with Crippen LogP contribution >= 0.6 is 0 Å². The number of pyridine rings is 1. The van der Waals surface area contributed by atoms with Gasteiger partial charge in [0, 0.05) is 36.1 Å². The summed E-state index contributed by atoms with van der Waals surface area (Å²) in [5.74, 6) is -1.92. The SMILES string of the molecule is CS(=O)(=O)O.N[C@H]1CCN(c2cc3c(cc2F)c(=O)c(C(=O)O)cn3-c2cccc3ccccc23)C1. The van der Waals surface area contributed by atoms with Gasteiger partial charge in [-0.3, -0.25) is 9.35 Å². The lowest BCUT2D eigenvalue weighted by atomic mass is 10.1. The minimum Gasteiger partial charge on any atom is -0.477 e. The summed E-state index contributed by atoms with van der Waals surface area (Å²) in [6.45, 7) is 1.14. The summed E-state index contributed by atoms with van der Waals surface area (Å²) in [6, 6.07) is 16.1. The van der Waals surface area contributed by atoms with Gasteiger partial charge in [0.25, 0.3) is 10.1 Å². The first kappa shape index (κ1) is 25.3. The summed E-state index contributed by atoms with van der Waals surface area (Å²) < 4.78 is 42.6. The van der Waals surface area contributed by atoms with Crippen molar-refractivity contribution in [1.29, 1.82) is 0 Å². The predicted molar refractivity (Wildman–Crippen MR) is 136 cm³/mol. The number of carboxylic acids is 1. The van der Waals surface area contributed by atoms with Gasteiger partial charge in [0.2, 0.25) is 5.43 Å². The van der Waals surface area contributed by atoms with Crippen molar-refractivity contribution in [3.05, 3.63) is 82.4 Å². The highest BCUT2D eigenvalue weighted by molar-refractivity contribution is 7.85. The van der Waals surface area contributed by atoms with Crippen molar-refractivity contribution in [2.75, 3.05) is 24.2 Å². The zero-order chi connectivity index (χ0) is 26.2. The van der Waals surface area contributed by atoms with E-state index in [0.717, 1.165) is 23.3 Å². The molecule has 3 aromatic carbocycles. The number of fused-ring (bicyclic) bond motifs is 2. The number of hydrogen-bond donors (Lipinski definition) is 3. The van der Waals surface area contributed by atoms with Crippen LogP contribution in [0.4, 0.5) is 10.1 Å². The molecule has 0 bridgehead atoms. The minimum atomic E-state index is -3.67. The second-order valence-corrected chi connectivity index (χ2v) is 10.1. The third-order valence-corrected chi connectivity index (χ3v) is 5.89. The molecule has 1 aliphatic heterocycles. The molecule has 0 saturated carbocycles. The van der Waals surface area contributed by atoms with E-state index in [1.807, 2.05) is 47.4 Å². The average Bonchev–Trinajstić information content (AvgIpc) is 3.24. The molecule has 4 N–H and O–H groups in total. The number of benzene rings is 3. The molecule has 9 nitrogen and oxygen atoms in total. The zero-order valence-electron chi connectivity index (χ0n) is 19.3. The molecule has 0 unspecified atom stereocenters. The van der Waals surface area contributed by atoms with Crippen LogP contribution in [0.1, 0.15) is 16.8 Å². The van der Waals surface area contributed by atoms with Crippen molar-refractivity contribution < 1.29 is 27.3 Å². The maximum Gasteiger partial charge on any atom is 0.341 e. The summed E-state index contributed by atoms with van der Waals surface area (Å²) in [4.78, 5) is 26.5. The fraction of sp³-hybridized carbons (Fsp3) is 0.200. The Morgan fingerprint density at radius 3 is 2.39 bits per heavy atom. The van der Waals surface area contributed by atoms with E-state index in [-0.39, 0.29) is 11.4 Å². The van der Waals surface area contributed by atoms with Gasteiger partial charge in [-0.25, -0.2) is 9.18 Å². The van der Waals surface area contributed by atoms with Gasteiger partial charge in [-0.2, -0.15) is 8.42 Å². The van der Waals surface area contributed by atoms with Gasteiger partial charge in [-0.15, -0.1) is 0 Å². The van der Waals surface area contributed by atoms with Gasteiger partial charge >= 0.3 is 5.97 Å². The monoisotopic (exact) mass is 513 g/mol. The van der Waals surface area contributed by atoms with Crippen LogP contribution < -0.4 is 16.1 Å². The topological polar surface area (TPSA) is 143 Å². The number of halogens is 1. The molecule has 4 aromatic rings. The molecule has 1 fully saturated rings. The van der Waals surface area contributed by atoms with Gasteiger partial charge in [0.1, 0.15) is 11.4 Å². The molecular formula is C25H24FN3O6S. The maximum absolute atomic E-state index is 15.0. The second-order valence-electron chi connectivity index (χ2n) is 8.59. The summed E-state index contributed by atoms with van der Waals surface area (Å²) in [5.41, 5.74) is 6.40. The highest BCUT2D eigenvalue weighted by Gasteiger charge is 2.24. The van der Waals surface area contributed by atoms with Gasteiger partial charge in [-0.05, 0) is 30.0 Å². The Hall–Kier alpha value is -3.80. The molecular weight excluding hydrogens is 489 g/mol. The van der Waals surface area contributed by atoms with Crippen LogP contribution in [-0.2, 0) is 10.1 Å². The van der Waals surface area contributed by atoms with Crippen molar-refractivity contribution in [3.63, 3.8) is 0 Å². The molecule has 0 spiro atoms. The van der Waals surface area contributed by atoms with Crippen LogP contribution in [0.2, 0.25) is 0 Å². The highest BCUT2D eigenvalue weighted by atomic mass is 32.2. The number of rotatable bonds is 3. The quantitative estimate of drug-likeness (QED) is 0.355. The molecule has 2 heterocycles. The van der Waals surface area contributed by atoms with Crippen LogP contribution in [-0.4, -0.2) is 54.0 Å². The van der Waals surface area contributed by atoms with Crippen molar-refractivity contribution in [2.45, 2.75) is 12.5 Å². The molecule has 36 heavy (non-hydrogen) atoms. The summed E-state index contributed by atoms with van der Waals surface area (Å²) in [6.07, 6.45) is 2.80. The van der Waals surface area contributed by atoms with E-state index in [1.165, 1.54) is 6.20 Å². The predicted octanol–water partition coefficient (Wildman–Crippen LogP) is 3.02. The van der Waals surface area contributed by atoms with Crippen LogP contribution in [0.5, 0.6) is 0 Å². The number of aromatic nitrogens is 1. The number of carbonyl (C=O) groups is 1. The lowest BCUT2D eigenvalue weighted by Gasteiger charge is -2.21.